The first-order valence-corrected chi connectivity index (χ1v) is 8.62. The van der Waals surface area contributed by atoms with E-state index in [0.29, 0.717) is 5.96 Å². The highest BCUT2D eigenvalue weighted by molar-refractivity contribution is 14.0. The lowest BCUT2D eigenvalue weighted by Crippen LogP contribution is -2.43. The van der Waals surface area contributed by atoms with E-state index < -0.39 is 0 Å². The van der Waals surface area contributed by atoms with Crippen molar-refractivity contribution in [2.24, 2.45) is 4.99 Å². The van der Waals surface area contributed by atoms with Crippen LogP contribution in [0.4, 0.5) is 0 Å². The molecule has 0 saturated heterocycles. The molecular formula is C17H33IN6O. The SMILES string of the molecule is CCNC(=NCC(=O)NC(C)(C)C)NCCCCn1ccnc1C.I. The smallest absolute Gasteiger partial charge is 0.242 e. The van der Waals surface area contributed by atoms with Crippen molar-refractivity contribution in [2.75, 3.05) is 19.6 Å². The van der Waals surface area contributed by atoms with E-state index in [4.69, 9.17) is 0 Å². The van der Waals surface area contributed by atoms with Gasteiger partial charge in [-0.2, -0.15) is 0 Å². The average Bonchev–Trinajstić information content (AvgIpc) is 2.88. The molecule has 0 aromatic carbocycles. The van der Waals surface area contributed by atoms with Crippen molar-refractivity contribution in [3.63, 3.8) is 0 Å². The summed E-state index contributed by atoms with van der Waals surface area (Å²) in [5, 5.41) is 9.33. The molecule has 8 heteroatoms. The van der Waals surface area contributed by atoms with Crippen LogP contribution in [0.2, 0.25) is 0 Å². The second-order valence-electron chi connectivity index (χ2n) is 6.80. The predicted octanol–water partition coefficient (Wildman–Crippen LogP) is 2.06. The number of hydrogen-bond acceptors (Lipinski definition) is 3. The number of aliphatic imine (C=N–C) groups is 1. The average molecular weight is 464 g/mol. The Morgan fingerprint density at radius 3 is 2.56 bits per heavy atom. The van der Waals surface area contributed by atoms with E-state index in [9.17, 15) is 4.79 Å². The van der Waals surface area contributed by atoms with Gasteiger partial charge in [-0.1, -0.05) is 0 Å². The van der Waals surface area contributed by atoms with Gasteiger partial charge in [-0.25, -0.2) is 9.98 Å². The highest BCUT2D eigenvalue weighted by Crippen LogP contribution is 1.99. The molecule has 144 valence electrons. The molecule has 1 heterocycles. The molecule has 0 aliphatic rings. The number of nitrogens with zero attached hydrogens (tertiary/aromatic N) is 3. The Morgan fingerprint density at radius 2 is 2.00 bits per heavy atom. The number of carbonyl (C=O) groups excluding carboxylic acids is 1. The van der Waals surface area contributed by atoms with Crippen LogP contribution < -0.4 is 16.0 Å². The molecule has 7 nitrogen and oxygen atoms in total. The molecule has 0 atom stereocenters. The third kappa shape index (κ3) is 11.0. The molecule has 0 saturated carbocycles. The van der Waals surface area contributed by atoms with E-state index in [2.05, 4.69) is 30.5 Å². The van der Waals surface area contributed by atoms with Crippen LogP contribution in [0.5, 0.6) is 0 Å². The number of aryl methyl sites for hydroxylation is 2. The van der Waals surface area contributed by atoms with Crippen molar-refractivity contribution >= 4 is 35.8 Å². The zero-order valence-electron chi connectivity index (χ0n) is 16.1. The summed E-state index contributed by atoms with van der Waals surface area (Å²) in [6, 6.07) is 0. The molecule has 0 aliphatic carbocycles. The summed E-state index contributed by atoms with van der Waals surface area (Å²) < 4.78 is 2.15. The number of carbonyl (C=O) groups is 1. The monoisotopic (exact) mass is 464 g/mol. The molecule has 1 amide bonds. The molecule has 1 rings (SSSR count). The zero-order valence-corrected chi connectivity index (χ0v) is 18.4. The van der Waals surface area contributed by atoms with Crippen LogP contribution in [0.25, 0.3) is 0 Å². The fourth-order valence-corrected chi connectivity index (χ4v) is 2.20. The summed E-state index contributed by atoms with van der Waals surface area (Å²) in [4.78, 5) is 20.4. The topological polar surface area (TPSA) is 83.3 Å². The van der Waals surface area contributed by atoms with Gasteiger partial charge in [0.25, 0.3) is 0 Å². The van der Waals surface area contributed by atoms with E-state index in [-0.39, 0.29) is 42.0 Å². The first-order chi connectivity index (χ1) is 11.3. The van der Waals surface area contributed by atoms with Crippen molar-refractivity contribution in [1.82, 2.24) is 25.5 Å². The minimum Gasteiger partial charge on any atom is -0.357 e. The first-order valence-electron chi connectivity index (χ1n) is 8.62. The Hall–Kier alpha value is -1.32. The third-order valence-electron chi connectivity index (χ3n) is 3.28. The van der Waals surface area contributed by atoms with Crippen LogP contribution in [-0.4, -0.2) is 46.6 Å². The Morgan fingerprint density at radius 1 is 1.28 bits per heavy atom. The minimum atomic E-state index is -0.232. The Kier molecular flexibility index (Phi) is 11.5. The number of imidazole rings is 1. The van der Waals surface area contributed by atoms with Crippen molar-refractivity contribution in [3.8, 4) is 0 Å². The first kappa shape index (κ1) is 23.7. The highest BCUT2D eigenvalue weighted by Gasteiger charge is 2.13. The number of rotatable bonds is 8. The molecule has 0 unspecified atom stereocenters. The minimum absolute atomic E-state index is 0. The second-order valence-corrected chi connectivity index (χ2v) is 6.80. The van der Waals surface area contributed by atoms with Crippen LogP contribution in [0.1, 0.15) is 46.4 Å². The van der Waals surface area contributed by atoms with Crippen molar-refractivity contribution in [3.05, 3.63) is 18.2 Å². The Balaban J connectivity index is 0.00000576. The number of guanidine groups is 1. The van der Waals surface area contributed by atoms with Crippen LogP contribution in [0.15, 0.2) is 17.4 Å². The van der Waals surface area contributed by atoms with Gasteiger partial charge in [0.15, 0.2) is 5.96 Å². The van der Waals surface area contributed by atoms with Gasteiger partial charge in [0.2, 0.25) is 5.91 Å². The van der Waals surface area contributed by atoms with E-state index in [1.807, 2.05) is 47.0 Å². The quantitative estimate of drug-likeness (QED) is 0.238. The Bertz CT molecular complexity index is 535. The summed E-state index contributed by atoms with van der Waals surface area (Å²) >= 11 is 0. The normalized spacial score (nSPS) is 11.6. The number of halogens is 1. The summed E-state index contributed by atoms with van der Waals surface area (Å²) in [6.45, 7) is 12.6. The molecule has 1 aromatic rings. The lowest BCUT2D eigenvalue weighted by molar-refractivity contribution is -0.121. The van der Waals surface area contributed by atoms with E-state index in [0.717, 1.165) is 38.3 Å². The second kappa shape index (κ2) is 12.1. The summed E-state index contributed by atoms with van der Waals surface area (Å²) in [5.74, 6) is 1.65. The number of nitrogens with one attached hydrogen (secondary N) is 3. The summed E-state index contributed by atoms with van der Waals surface area (Å²) in [7, 11) is 0. The van der Waals surface area contributed by atoms with Crippen molar-refractivity contribution < 1.29 is 4.79 Å². The van der Waals surface area contributed by atoms with Crippen LogP contribution in [0.3, 0.4) is 0 Å². The molecule has 1 aromatic heterocycles. The maximum atomic E-state index is 11.8. The number of aromatic nitrogens is 2. The largest absolute Gasteiger partial charge is 0.357 e. The van der Waals surface area contributed by atoms with Gasteiger partial charge < -0.3 is 20.5 Å². The molecule has 0 bridgehead atoms. The zero-order chi connectivity index (χ0) is 18.0. The summed E-state index contributed by atoms with van der Waals surface area (Å²) in [5.41, 5.74) is -0.232. The van der Waals surface area contributed by atoms with Gasteiger partial charge >= 0.3 is 0 Å². The van der Waals surface area contributed by atoms with Crippen LogP contribution in [-0.2, 0) is 11.3 Å². The van der Waals surface area contributed by atoms with Gasteiger partial charge in [0.1, 0.15) is 12.4 Å². The number of amides is 1. The van der Waals surface area contributed by atoms with E-state index in [1.54, 1.807) is 0 Å². The van der Waals surface area contributed by atoms with Gasteiger partial charge in [0.05, 0.1) is 0 Å². The van der Waals surface area contributed by atoms with Crippen LogP contribution >= 0.6 is 24.0 Å². The third-order valence-corrected chi connectivity index (χ3v) is 3.28. The molecule has 25 heavy (non-hydrogen) atoms. The standard InChI is InChI=1S/C17H32N6O.HI/c1-6-18-16(21-13-15(24)22-17(3,4)5)20-9-7-8-11-23-12-10-19-14(23)2;/h10,12H,6-9,11,13H2,1-5H3,(H,22,24)(H2,18,20,21);1H. The molecule has 0 fully saturated rings. The molecule has 3 N–H and O–H groups in total. The lowest BCUT2D eigenvalue weighted by atomic mass is 10.1. The van der Waals surface area contributed by atoms with Crippen molar-refractivity contribution in [2.45, 2.75) is 59.5 Å². The molecular weight excluding hydrogens is 431 g/mol. The van der Waals surface area contributed by atoms with Gasteiger partial charge in [-0.3, -0.25) is 4.79 Å². The Labute approximate surface area is 168 Å². The van der Waals surface area contributed by atoms with Gasteiger partial charge in [-0.15, -0.1) is 24.0 Å². The van der Waals surface area contributed by atoms with Gasteiger partial charge in [0, 0.05) is 37.6 Å². The van der Waals surface area contributed by atoms with Crippen molar-refractivity contribution in [1.29, 1.82) is 0 Å². The van der Waals surface area contributed by atoms with Crippen LogP contribution in [0, 0.1) is 6.92 Å². The van der Waals surface area contributed by atoms with E-state index in [1.165, 1.54) is 0 Å². The maximum Gasteiger partial charge on any atom is 0.242 e. The molecule has 0 radical (unpaired) electrons. The molecule has 0 spiro atoms. The highest BCUT2D eigenvalue weighted by atomic mass is 127. The predicted molar refractivity (Wildman–Crippen MR) is 113 cm³/mol. The maximum absolute atomic E-state index is 11.8. The lowest BCUT2D eigenvalue weighted by Gasteiger charge is -2.20. The molecule has 0 aliphatic heterocycles. The fourth-order valence-electron chi connectivity index (χ4n) is 2.20. The van der Waals surface area contributed by atoms with E-state index >= 15 is 0 Å². The fraction of sp³-hybridized carbons (Fsp3) is 0.706. The van der Waals surface area contributed by atoms with Gasteiger partial charge in [-0.05, 0) is 47.5 Å². The number of hydrogen-bond donors (Lipinski definition) is 3. The number of unbranched alkanes of at least 4 members (excludes halogenated alkanes) is 1. The summed E-state index contributed by atoms with van der Waals surface area (Å²) in [6.07, 6.45) is 5.92.